The van der Waals surface area contributed by atoms with Crippen LogP contribution in [0.5, 0.6) is 0 Å². The maximum atomic E-state index is 13.3. The number of carbonyl (C=O) groups is 3. The molecule has 14 heteroatoms. The number of nitrogens with zero attached hydrogens (tertiary/aromatic N) is 3. The zero-order valence-electron chi connectivity index (χ0n) is 21.4. The lowest BCUT2D eigenvalue weighted by molar-refractivity contribution is -0.138. The van der Waals surface area contributed by atoms with Gasteiger partial charge in [0.2, 0.25) is 6.79 Å². The van der Waals surface area contributed by atoms with Gasteiger partial charge in [-0.3, -0.25) is 28.4 Å². The van der Waals surface area contributed by atoms with Gasteiger partial charge in [0.15, 0.2) is 0 Å². The molecule has 212 valence electrons. The van der Waals surface area contributed by atoms with Crippen molar-refractivity contribution in [1.29, 1.82) is 0 Å². The highest BCUT2D eigenvalue weighted by molar-refractivity contribution is 7.48. The third-order valence-electron chi connectivity index (χ3n) is 5.25. The molecule has 3 rings (SSSR count). The number of carboxylic acids is 1. The molecule has 1 aromatic heterocycles. The first-order chi connectivity index (χ1) is 19.2. The lowest BCUT2D eigenvalue weighted by atomic mass is 10.2. The number of carboxylic acid groups (broad SMARTS) is 1. The van der Waals surface area contributed by atoms with Gasteiger partial charge >= 0.3 is 25.3 Å². The quantitative estimate of drug-likeness (QED) is 0.112. The minimum atomic E-state index is -4.24. The Bertz CT molecular complexity index is 1280. The van der Waals surface area contributed by atoms with Crippen LogP contribution in [0.3, 0.4) is 0 Å². The Hall–Kier alpha value is -3.80. The van der Waals surface area contributed by atoms with Gasteiger partial charge in [0.05, 0.1) is 19.8 Å². The van der Waals surface area contributed by atoms with Crippen LogP contribution in [-0.4, -0.2) is 52.8 Å². The largest absolute Gasteiger partial charge is 0.480 e. The second kappa shape index (κ2) is 15.1. The first kappa shape index (κ1) is 30.7. The monoisotopic (exact) mass is 591 g/mol. The van der Waals surface area contributed by atoms with E-state index in [1.807, 2.05) is 12.1 Å². The number of ether oxygens (including phenoxy) is 1. The molecule has 0 atom stereocenters. The molecule has 2 amide bonds. The van der Waals surface area contributed by atoms with Crippen molar-refractivity contribution in [2.45, 2.75) is 19.8 Å². The maximum absolute atomic E-state index is 13.3. The molecule has 0 aliphatic carbocycles. The number of benzene rings is 2. The van der Waals surface area contributed by atoms with Gasteiger partial charge in [-0.2, -0.15) is 0 Å². The highest BCUT2D eigenvalue weighted by atomic mass is 35.5. The second-order valence-electron chi connectivity index (χ2n) is 8.17. The third kappa shape index (κ3) is 9.74. The number of aromatic nitrogens is 1. The number of hydrogen-bond acceptors (Lipinski definition) is 9. The summed E-state index contributed by atoms with van der Waals surface area (Å²) in [5.41, 5.74) is 1.72. The van der Waals surface area contributed by atoms with E-state index in [9.17, 15) is 24.1 Å². The SMILES string of the molecule is CN(C(=O)Cl)c1ncccc1CN(CC(=O)O)C(=O)OCOP(=O)(OCc1ccccc1)OCc1ccccc1. The van der Waals surface area contributed by atoms with E-state index in [1.165, 1.54) is 13.2 Å². The summed E-state index contributed by atoms with van der Waals surface area (Å²) in [7, 11) is -2.87. The van der Waals surface area contributed by atoms with Crippen LogP contribution in [0.25, 0.3) is 0 Å². The summed E-state index contributed by atoms with van der Waals surface area (Å²) >= 11 is 5.54. The number of carbonyl (C=O) groups excluding carboxylic acids is 2. The molecule has 3 aromatic rings. The van der Waals surface area contributed by atoms with Crippen LogP contribution in [0.4, 0.5) is 15.4 Å². The molecular weight excluding hydrogens is 565 g/mol. The Balaban J connectivity index is 1.68. The Morgan fingerprint density at radius 1 is 0.900 bits per heavy atom. The molecule has 0 saturated carbocycles. The number of pyridine rings is 1. The Morgan fingerprint density at radius 2 is 1.48 bits per heavy atom. The molecular formula is C26H27ClN3O9P. The number of aliphatic carboxylic acids is 1. The molecule has 0 aliphatic heterocycles. The fourth-order valence-corrected chi connectivity index (χ4v) is 4.39. The highest BCUT2D eigenvalue weighted by Gasteiger charge is 2.29. The van der Waals surface area contributed by atoms with Gasteiger partial charge in [-0.25, -0.2) is 18.9 Å². The van der Waals surface area contributed by atoms with Crippen LogP contribution in [0.2, 0.25) is 0 Å². The Labute approximate surface area is 235 Å². The smallest absolute Gasteiger partial charge is 0.478 e. The number of rotatable bonds is 14. The topological polar surface area (TPSA) is 145 Å². The van der Waals surface area contributed by atoms with Crippen LogP contribution < -0.4 is 4.90 Å². The lowest BCUT2D eigenvalue weighted by Gasteiger charge is -2.24. The molecule has 0 unspecified atom stereocenters. The van der Waals surface area contributed by atoms with Crippen LogP contribution in [0, 0.1) is 0 Å². The minimum absolute atomic E-state index is 0.109. The van der Waals surface area contributed by atoms with E-state index in [-0.39, 0.29) is 25.6 Å². The normalized spacial score (nSPS) is 11.1. The van der Waals surface area contributed by atoms with Gasteiger partial charge in [-0.05, 0) is 28.8 Å². The van der Waals surface area contributed by atoms with Crippen molar-refractivity contribution < 1.29 is 42.4 Å². The average Bonchev–Trinajstić information content (AvgIpc) is 2.95. The van der Waals surface area contributed by atoms with Gasteiger partial charge in [-0.1, -0.05) is 66.7 Å². The maximum Gasteiger partial charge on any atom is 0.478 e. The standard InChI is InChI=1S/C26H27ClN3O9P/c1-29(25(27)33)24-22(13-8-14-28-24)15-30(16-23(31)32)26(34)36-19-39-40(35,37-17-20-9-4-2-5-10-20)38-18-21-11-6-3-7-12-21/h2-14H,15-19H2,1H3,(H,31,32). The second-order valence-corrected chi connectivity index (χ2v) is 10.2. The highest BCUT2D eigenvalue weighted by Crippen LogP contribution is 2.51. The molecule has 0 aliphatic rings. The van der Waals surface area contributed by atoms with E-state index in [0.717, 1.165) is 9.80 Å². The number of amides is 2. The summed E-state index contributed by atoms with van der Waals surface area (Å²) in [5, 5.41) is 8.49. The van der Waals surface area contributed by atoms with E-state index in [1.54, 1.807) is 60.7 Å². The average molecular weight is 592 g/mol. The van der Waals surface area contributed by atoms with Crippen LogP contribution >= 0.6 is 19.4 Å². The molecule has 1 heterocycles. The van der Waals surface area contributed by atoms with E-state index >= 15 is 0 Å². The zero-order chi connectivity index (χ0) is 29.0. The van der Waals surface area contributed by atoms with Gasteiger partial charge in [0, 0.05) is 18.8 Å². The van der Waals surface area contributed by atoms with Gasteiger partial charge in [0.25, 0.3) is 0 Å². The van der Waals surface area contributed by atoms with Crippen LogP contribution in [-0.2, 0) is 47.4 Å². The molecule has 0 saturated heterocycles. The van der Waals surface area contributed by atoms with E-state index in [4.69, 9.17) is 29.9 Å². The van der Waals surface area contributed by atoms with E-state index in [2.05, 4.69) is 4.98 Å². The van der Waals surface area contributed by atoms with Crippen molar-refractivity contribution >= 4 is 42.7 Å². The Morgan fingerprint density at radius 3 is 2.00 bits per heavy atom. The minimum Gasteiger partial charge on any atom is -0.480 e. The van der Waals surface area contributed by atoms with Crippen molar-refractivity contribution in [3.8, 4) is 0 Å². The fourth-order valence-electron chi connectivity index (χ4n) is 3.29. The first-order valence-electron chi connectivity index (χ1n) is 11.8. The predicted molar refractivity (Wildman–Crippen MR) is 144 cm³/mol. The van der Waals surface area contributed by atoms with Crippen LogP contribution in [0.15, 0.2) is 79.0 Å². The molecule has 0 fully saturated rings. The third-order valence-corrected chi connectivity index (χ3v) is 6.82. The van der Waals surface area contributed by atoms with Crippen molar-refractivity contribution in [2.24, 2.45) is 0 Å². The summed E-state index contributed by atoms with van der Waals surface area (Å²) in [4.78, 5) is 41.8. The number of phosphoric acid groups is 1. The number of phosphoric ester groups is 1. The molecule has 2 aromatic carbocycles. The molecule has 0 bridgehead atoms. The van der Waals surface area contributed by atoms with Crippen molar-refractivity contribution in [3.05, 3.63) is 95.7 Å². The molecule has 40 heavy (non-hydrogen) atoms. The van der Waals surface area contributed by atoms with Gasteiger partial charge in [-0.15, -0.1) is 0 Å². The van der Waals surface area contributed by atoms with Crippen molar-refractivity contribution in [3.63, 3.8) is 0 Å². The molecule has 0 spiro atoms. The first-order valence-corrected chi connectivity index (χ1v) is 13.6. The molecule has 12 nitrogen and oxygen atoms in total. The van der Waals surface area contributed by atoms with E-state index < -0.39 is 38.6 Å². The fraction of sp³-hybridized carbons (Fsp3) is 0.231. The Kier molecular flexibility index (Phi) is 11.6. The number of hydrogen-bond donors (Lipinski definition) is 1. The summed E-state index contributed by atoms with van der Waals surface area (Å²) in [6.07, 6.45) is 0.306. The summed E-state index contributed by atoms with van der Waals surface area (Å²) in [6.45, 7) is -2.13. The van der Waals surface area contributed by atoms with E-state index in [0.29, 0.717) is 16.7 Å². The summed E-state index contributed by atoms with van der Waals surface area (Å²) < 4.78 is 34.6. The number of anilines is 1. The zero-order valence-corrected chi connectivity index (χ0v) is 23.1. The molecule has 0 radical (unpaired) electrons. The van der Waals surface area contributed by atoms with Gasteiger partial charge < -0.3 is 9.84 Å². The van der Waals surface area contributed by atoms with Crippen molar-refractivity contribution in [2.75, 3.05) is 25.3 Å². The van der Waals surface area contributed by atoms with Gasteiger partial charge in [0.1, 0.15) is 12.4 Å². The molecule has 1 N–H and O–H groups in total. The predicted octanol–water partition coefficient (Wildman–Crippen LogP) is 5.42. The lowest BCUT2D eigenvalue weighted by Crippen LogP contribution is -2.36. The van der Waals surface area contributed by atoms with Crippen LogP contribution in [0.1, 0.15) is 16.7 Å². The van der Waals surface area contributed by atoms with Crippen molar-refractivity contribution in [1.82, 2.24) is 9.88 Å². The summed E-state index contributed by atoms with van der Waals surface area (Å²) in [5.74, 6) is -1.21. The number of halogens is 1. The summed E-state index contributed by atoms with van der Waals surface area (Å²) in [6, 6.07) is 20.9.